The zero-order valence-electron chi connectivity index (χ0n) is 11.9. The maximum absolute atomic E-state index is 11.5. The van der Waals surface area contributed by atoms with E-state index >= 15 is 0 Å². The lowest BCUT2D eigenvalue weighted by molar-refractivity contribution is -0.296. The number of hydrogen-bond acceptors (Lipinski definition) is 4. The highest BCUT2D eigenvalue weighted by Gasteiger charge is 2.50. The van der Waals surface area contributed by atoms with Gasteiger partial charge in [-0.15, -0.1) is 0 Å². The van der Waals surface area contributed by atoms with E-state index in [0.29, 0.717) is 13.0 Å². The van der Waals surface area contributed by atoms with E-state index in [1.807, 2.05) is 44.2 Å². The van der Waals surface area contributed by atoms with Gasteiger partial charge in [0.05, 0.1) is 30.7 Å². The molecule has 1 aromatic carbocycles. The van der Waals surface area contributed by atoms with E-state index in [4.69, 9.17) is 14.2 Å². The van der Waals surface area contributed by atoms with Crippen molar-refractivity contribution in [1.82, 2.24) is 0 Å². The van der Waals surface area contributed by atoms with Crippen LogP contribution in [0.15, 0.2) is 30.3 Å². The van der Waals surface area contributed by atoms with Gasteiger partial charge in [0.1, 0.15) is 0 Å². The summed E-state index contributed by atoms with van der Waals surface area (Å²) in [4.78, 5) is 11.5. The summed E-state index contributed by atoms with van der Waals surface area (Å²) in [5.74, 6) is -0.166. The van der Waals surface area contributed by atoms with E-state index in [-0.39, 0.29) is 23.6 Å². The molecule has 2 bridgehead atoms. The van der Waals surface area contributed by atoms with Gasteiger partial charge in [0.2, 0.25) is 6.29 Å². The number of hydrogen-bond donors (Lipinski definition) is 0. The normalized spacial score (nSPS) is 31.7. The van der Waals surface area contributed by atoms with Gasteiger partial charge >= 0.3 is 5.97 Å². The second-order valence-corrected chi connectivity index (χ2v) is 6.13. The minimum atomic E-state index is -0.497. The molecule has 2 aliphatic heterocycles. The van der Waals surface area contributed by atoms with Gasteiger partial charge in [-0.25, -0.2) is 0 Å². The van der Waals surface area contributed by atoms with E-state index in [1.54, 1.807) is 0 Å². The first-order valence-electron chi connectivity index (χ1n) is 7.06. The first kappa shape index (κ1) is 13.6. The molecule has 4 heteroatoms. The topological polar surface area (TPSA) is 44.8 Å². The summed E-state index contributed by atoms with van der Waals surface area (Å²) >= 11 is 0. The number of ether oxygens (including phenoxy) is 3. The zero-order valence-corrected chi connectivity index (χ0v) is 11.9. The van der Waals surface area contributed by atoms with Gasteiger partial charge in [-0.05, 0) is 5.56 Å². The van der Waals surface area contributed by atoms with Crippen molar-refractivity contribution in [1.29, 1.82) is 0 Å². The van der Waals surface area contributed by atoms with Crippen molar-refractivity contribution in [3.8, 4) is 0 Å². The Morgan fingerprint density at radius 2 is 2.05 bits per heavy atom. The van der Waals surface area contributed by atoms with E-state index in [2.05, 4.69) is 0 Å². The van der Waals surface area contributed by atoms with Crippen LogP contribution >= 0.6 is 0 Å². The number of rotatable bonds is 3. The molecule has 0 radical (unpaired) electrons. The van der Waals surface area contributed by atoms with E-state index in [0.717, 1.165) is 12.0 Å². The Hall–Kier alpha value is -1.39. The Bertz CT molecular complexity index is 483. The van der Waals surface area contributed by atoms with Crippen LogP contribution in [0, 0.1) is 5.41 Å². The van der Waals surface area contributed by atoms with Crippen LogP contribution in [-0.4, -0.2) is 24.5 Å². The summed E-state index contributed by atoms with van der Waals surface area (Å²) in [6.07, 6.45) is 0.529. The molecule has 3 rings (SSSR count). The molecule has 3 atom stereocenters. The van der Waals surface area contributed by atoms with Crippen LogP contribution in [-0.2, 0) is 25.6 Å². The Morgan fingerprint density at radius 3 is 2.80 bits per heavy atom. The lowest BCUT2D eigenvalue weighted by Crippen LogP contribution is -2.56. The highest BCUT2D eigenvalue weighted by atomic mass is 16.7. The van der Waals surface area contributed by atoms with Gasteiger partial charge < -0.3 is 14.2 Å². The third-order valence-corrected chi connectivity index (χ3v) is 4.16. The zero-order chi connectivity index (χ0) is 14.2. The minimum Gasteiger partial charge on any atom is -0.435 e. The maximum Gasteiger partial charge on any atom is 0.310 e. The van der Waals surface area contributed by atoms with E-state index in [9.17, 15) is 4.79 Å². The molecule has 4 nitrogen and oxygen atoms in total. The lowest BCUT2D eigenvalue weighted by atomic mass is 9.79. The lowest BCUT2D eigenvalue weighted by Gasteiger charge is -2.48. The molecule has 108 valence electrons. The number of carbonyl (C=O) groups is 1. The van der Waals surface area contributed by atoms with Crippen molar-refractivity contribution in [2.45, 2.75) is 51.8 Å². The van der Waals surface area contributed by atoms with Crippen LogP contribution in [0.2, 0.25) is 0 Å². The molecular weight excluding hydrogens is 256 g/mol. The van der Waals surface area contributed by atoms with Crippen molar-refractivity contribution in [3.63, 3.8) is 0 Å². The van der Waals surface area contributed by atoms with Gasteiger partial charge in [-0.2, -0.15) is 0 Å². The Balaban J connectivity index is 1.68. The standard InChI is InChI=1S/C16H20O4/c1-16(2)13(18-10-11-6-4-3-5-7-11)8-12-9-14(17)20-15(16)19-12/h3-7,12-13,15H,8-10H2,1-2H3/t12-,13-,15-/m0/s1. The second-order valence-electron chi connectivity index (χ2n) is 6.13. The Kier molecular flexibility index (Phi) is 3.52. The van der Waals surface area contributed by atoms with Gasteiger partial charge in [0, 0.05) is 6.42 Å². The highest BCUT2D eigenvalue weighted by Crippen LogP contribution is 2.42. The monoisotopic (exact) mass is 276 g/mol. The number of fused-ring (bicyclic) bond motifs is 2. The largest absolute Gasteiger partial charge is 0.435 e. The molecule has 2 aliphatic rings. The van der Waals surface area contributed by atoms with Crippen LogP contribution in [0.4, 0.5) is 0 Å². The third kappa shape index (κ3) is 2.58. The van der Waals surface area contributed by atoms with E-state index in [1.165, 1.54) is 0 Å². The predicted molar refractivity (Wildman–Crippen MR) is 72.8 cm³/mol. The van der Waals surface area contributed by atoms with Crippen LogP contribution < -0.4 is 0 Å². The second kappa shape index (κ2) is 5.19. The molecule has 0 aromatic heterocycles. The maximum atomic E-state index is 11.5. The van der Waals surface area contributed by atoms with Gasteiger partial charge in [0.25, 0.3) is 0 Å². The summed E-state index contributed by atoms with van der Waals surface area (Å²) in [7, 11) is 0. The summed E-state index contributed by atoms with van der Waals surface area (Å²) in [6.45, 7) is 4.63. The average molecular weight is 276 g/mol. The van der Waals surface area contributed by atoms with Crippen molar-refractivity contribution < 1.29 is 19.0 Å². The first-order valence-corrected chi connectivity index (χ1v) is 7.06. The molecule has 0 aliphatic carbocycles. The molecule has 2 heterocycles. The van der Waals surface area contributed by atoms with Crippen LogP contribution in [0.1, 0.15) is 32.3 Å². The molecule has 2 fully saturated rings. The molecule has 2 saturated heterocycles. The SMILES string of the molecule is CC1(C)[C@@H]2OC(=O)C[C@H](C[C@@H]1OCc1ccccc1)O2. The van der Waals surface area contributed by atoms with Crippen molar-refractivity contribution in [2.75, 3.05) is 0 Å². The van der Waals surface area contributed by atoms with Crippen molar-refractivity contribution in [3.05, 3.63) is 35.9 Å². The van der Waals surface area contributed by atoms with Gasteiger partial charge in [-0.1, -0.05) is 44.2 Å². The van der Waals surface area contributed by atoms with Crippen LogP contribution in [0.25, 0.3) is 0 Å². The summed E-state index contributed by atoms with van der Waals surface area (Å²) < 4.78 is 17.2. The average Bonchev–Trinajstić information content (AvgIpc) is 2.42. The summed E-state index contributed by atoms with van der Waals surface area (Å²) in [6, 6.07) is 10.1. The van der Waals surface area contributed by atoms with E-state index < -0.39 is 6.29 Å². The van der Waals surface area contributed by atoms with Crippen molar-refractivity contribution in [2.24, 2.45) is 5.41 Å². The molecule has 0 saturated carbocycles. The number of esters is 1. The predicted octanol–water partition coefficient (Wildman–Crippen LogP) is 2.66. The fraction of sp³-hybridized carbons (Fsp3) is 0.562. The number of carbonyl (C=O) groups excluding carboxylic acids is 1. The van der Waals surface area contributed by atoms with Crippen LogP contribution in [0.3, 0.4) is 0 Å². The molecule has 0 amide bonds. The quantitative estimate of drug-likeness (QED) is 0.796. The molecule has 0 unspecified atom stereocenters. The smallest absolute Gasteiger partial charge is 0.310 e. The fourth-order valence-corrected chi connectivity index (χ4v) is 2.82. The molecule has 0 spiro atoms. The highest BCUT2D eigenvalue weighted by molar-refractivity contribution is 5.70. The molecule has 20 heavy (non-hydrogen) atoms. The minimum absolute atomic E-state index is 0.0274. The summed E-state index contributed by atoms with van der Waals surface area (Å²) in [5.41, 5.74) is 0.818. The fourth-order valence-electron chi connectivity index (χ4n) is 2.82. The molecular formula is C16H20O4. The van der Waals surface area contributed by atoms with Gasteiger partial charge in [-0.3, -0.25) is 4.79 Å². The number of benzene rings is 1. The molecule has 0 N–H and O–H groups in total. The van der Waals surface area contributed by atoms with Crippen molar-refractivity contribution >= 4 is 5.97 Å². The third-order valence-electron chi connectivity index (χ3n) is 4.16. The summed E-state index contributed by atoms with van der Waals surface area (Å²) in [5, 5.41) is 0. The van der Waals surface area contributed by atoms with Gasteiger partial charge in [0.15, 0.2) is 0 Å². The molecule has 1 aromatic rings. The Labute approximate surface area is 119 Å². The Morgan fingerprint density at radius 1 is 1.30 bits per heavy atom. The first-order chi connectivity index (χ1) is 9.55. The van der Waals surface area contributed by atoms with Crippen LogP contribution in [0.5, 0.6) is 0 Å².